The first-order valence-corrected chi connectivity index (χ1v) is 9.10. The van der Waals surface area contributed by atoms with Crippen LogP contribution in [0.2, 0.25) is 0 Å². The summed E-state index contributed by atoms with van der Waals surface area (Å²) in [4.78, 5) is 24.9. The van der Waals surface area contributed by atoms with Crippen molar-refractivity contribution in [2.75, 3.05) is 19.5 Å². The van der Waals surface area contributed by atoms with Gasteiger partial charge >= 0.3 is 0 Å². The summed E-state index contributed by atoms with van der Waals surface area (Å²) in [5.41, 5.74) is 2.17. The van der Waals surface area contributed by atoms with Gasteiger partial charge in [-0.2, -0.15) is 0 Å². The fourth-order valence-corrected chi connectivity index (χ4v) is 2.61. The Kier molecular flexibility index (Phi) is 6.67. The van der Waals surface area contributed by atoms with Crippen LogP contribution in [0.3, 0.4) is 0 Å². The third-order valence-electron chi connectivity index (χ3n) is 4.42. The number of rotatable bonds is 6. The summed E-state index contributed by atoms with van der Waals surface area (Å²) in [6, 6.07) is 11.8. The summed E-state index contributed by atoms with van der Waals surface area (Å²) in [7, 11) is 3.07. The largest absolute Gasteiger partial charge is 0.497 e. The lowest BCUT2D eigenvalue weighted by Crippen LogP contribution is -2.41. The summed E-state index contributed by atoms with van der Waals surface area (Å²) in [5.74, 6) is 0.451. The van der Waals surface area contributed by atoms with Crippen molar-refractivity contribution in [3.63, 3.8) is 0 Å². The standard InChI is InChI=1S/C22H28N2O4/c1-14(20(25)24-18-12-11-17(27-5)13-19(18)28-6)23-21(26)15-7-9-16(10-8-15)22(2,3)4/h7-14H,1-6H3,(H,23,26)(H,24,25). The molecular weight excluding hydrogens is 356 g/mol. The molecule has 0 saturated heterocycles. The Morgan fingerprint density at radius 2 is 1.61 bits per heavy atom. The molecule has 0 aromatic heterocycles. The Labute approximate surface area is 166 Å². The molecule has 1 atom stereocenters. The van der Waals surface area contributed by atoms with Gasteiger partial charge in [0, 0.05) is 11.6 Å². The van der Waals surface area contributed by atoms with E-state index in [1.807, 2.05) is 12.1 Å². The highest BCUT2D eigenvalue weighted by atomic mass is 16.5. The fraction of sp³-hybridized carbons (Fsp3) is 0.364. The lowest BCUT2D eigenvalue weighted by molar-refractivity contribution is -0.117. The van der Waals surface area contributed by atoms with Gasteiger partial charge in [0.1, 0.15) is 17.5 Å². The average molecular weight is 384 g/mol. The summed E-state index contributed by atoms with van der Waals surface area (Å²) < 4.78 is 10.4. The summed E-state index contributed by atoms with van der Waals surface area (Å²) >= 11 is 0. The van der Waals surface area contributed by atoms with E-state index in [1.54, 1.807) is 44.4 Å². The van der Waals surface area contributed by atoms with Crippen LogP contribution in [-0.2, 0) is 10.2 Å². The molecule has 150 valence electrons. The fourth-order valence-electron chi connectivity index (χ4n) is 2.61. The highest BCUT2D eigenvalue weighted by molar-refractivity contribution is 6.01. The van der Waals surface area contributed by atoms with Crippen molar-refractivity contribution in [3.8, 4) is 11.5 Å². The summed E-state index contributed by atoms with van der Waals surface area (Å²) in [6.07, 6.45) is 0. The summed E-state index contributed by atoms with van der Waals surface area (Å²) in [5, 5.41) is 5.48. The van der Waals surface area contributed by atoms with E-state index in [9.17, 15) is 9.59 Å². The number of methoxy groups -OCH3 is 2. The van der Waals surface area contributed by atoms with Crippen LogP contribution in [0.1, 0.15) is 43.6 Å². The van der Waals surface area contributed by atoms with E-state index in [2.05, 4.69) is 31.4 Å². The van der Waals surface area contributed by atoms with Crippen LogP contribution in [0, 0.1) is 0 Å². The average Bonchev–Trinajstić information content (AvgIpc) is 2.67. The van der Waals surface area contributed by atoms with Crippen LogP contribution in [0.5, 0.6) is 11.5 Å². The molecule has 0 aliphatic heterocycles. The van der Waals surface area contributed by atoms with Gasteiger partial charge in [-0.25, -0.2) is 0 Å². The van der Waals surface area contributed by atoms with Crippen LogP contribution in [0.4, 0.5) is 5.69 Å². The smallest absolute Gasteiger partial charge is 0.251 e. The maximum absolute atomic E-state index is 12.5. The zero-order chi connectivity index (χ0) is 20.9. The number of anilines is 1. The van der Waals surface area contributed by atoms with Gasteiger partial charge in [0.25, 0.3) is 5.91 Å². The van der Waals surface area contributed by atoms with Gasteiger partial charge in [0.15, 0.2) is 0 Å². The second kappa shape index (κ2) is 8.78. The Hall–Kier alpha value is -3.02. The first-order valence-electron chi connectivity index (χ1n) is 9.10. The number of carbonyl (C=O) groups is 2. The minimum Gasteiger partial charge on any atom is -0.497 e. The predicted octanol–water partition coefficient (Wildman–Crippen LogP) is 3.76. The van der Waals surface area contributed by atoms with Gasteiger partial charge in [-0.05, 0) is 42.2 Å². The molecule has 0 saturated carbocycles. The molecule has 2 N–H and O–H groups in total. The zero-order valence-electron chi connectivity index (χ0n) is 17.3. The molecule has 0 aliphatic carbocycles. The van der Waals surface area contributed by atoms with E-state index < -0.39 is 6.04 Å². The molecule has 0 spiro atoms. The molecule has 2 aromatic rings. The third-order valence-corrected chi connectivity index (χ3v) is 4.42. The van der Waals surface area contributed by atoms with Crippen LogP contribution in [0.15, 0.2) is 42.5 Å². The molecule has 0 heterocycles. The lowest BCUT2D eigenvalue weighted by atomic mass is 9.86. The molecule has 0 fully saturated rings. The van der Waals surface area contributed by atoms with Crippen molar-refractivity contribution >= 4 is 17.5 Å². The molecule has 2 aromatic carbocycles. The molecule has 1 unspecified atom stereocenters. The number of hydrogen-bond donors (Lipinski definition) is 2. The van der Waals surface area contributed by atoms with E-state index >= 15 is 0 Å². The van der Waals surface area contributed by atoms with E-state index in [0.29, 0.717) is 22.7 Å². The number of nitrogens with one attached hydrogen (secondary N) is 2. The topological polar surface area (TPSA) is 76.7 Å². The molecule has 0 aliphatic rings. The van der Waals surface area contributed by atoms with Crippen molar-refractivity contribution in [2.45, 2.75) is 39.2 Å². The number of amides is 2. The van der Waals surface area contributed by atoms with Crippen LogP contribution in [-0.4, -0.2) is 32.1 Å². The van der Waals surface area contributed by atoms with Crippen LogP contribution in [0.25, 0.3) is 0 Å². The Morgan fingerprint density at radius 1 is 0.964 bits per heavy atom. The van der Waals surface area contributed by atoms with Crippen molar-refractivity contribution in [2.24, 2.45) is 0 Å². The van der Waals surface area contributed by atoms with Gasteiger partial charge in [-0.15, -0.1) is 0 Å². The first kappa shape index (κ1) is 21.3. The normalized spacial score (nSPS) is 12.1. The second-order valence-corrected chi connectivity index (χ2v) is 7.58. The van der Waals surface area contributed by atoms with Gasteiger partial charge in [0.2, 0.25) is 5.91 Å². The van der Waals surface area contributed by atoms with Crippen molar-refractivity contribution in [3.05, 3.63) is 53.6 Å². The van der Waals surface area contributed by atoms with Gasteiger partial charge in [0.05, 0.1) is 19.9 Å². The Morgan fingerprint density at radius 3 is 2.14 bits per heavy atom. The zero-order valence-corrected chi connectivity index (χ0v) is 17.3. The minimum absolute atomic E-state index is 0.0135. The Balaban J connectivity index is 2.03. The predicted molar refractivity (Wildman–Crippen MR) is 110 cm³/mol. The quantitative estimate of drug-likeness (QED) is 0.795. The molecule has 0 bridgehead atoms. The molecular formula is C22H28N2O4. The van der Waals surface area contributed by atoms with Gasteiger partial charge in [-0.1, -0.05) is 32.9 Å². The Bertz CT molecular complexity index is 839. The van der Waals surface area contributed by atoms with E-state index in [-0.39, 0.29) is 17.2 Å². The monoisotopic (exact) mass is 384 g/mol. The molecule has 28 heavy (non-hydrogen) atoms. The van der Waals surface area contributed by atoms with E-state index in [0.717, 1.165) is 5.56 Å². The molecule has 2 rings (SSSR count). The number of ether oxygens (including phenoxy) is 2. The van der Waals surface area contributed by atoms with E-state index in [4.69, 9.17) is 9.47 Å². The van der Waals surface area contributed by atoms with Gasteiger partial charge in [-0.3, -0.25) is 9.59 Å². The number of carbonyl (C=O) groups excluding carboxylic acids is 2. The van der Waals surface area contributed by atoms with Crippen LogP contribution < -0.4 is 20.1 Å². The maximum Gasteiger partial charge on any atom is 0.251 e. The molecule has 6 heteroatoms. The van der Waals surface area contributed by atoms with Crippen molar-refractivity contribution in [1.82, 2.24) is 5.32 Å². The lowest BCUT2D eigenvalue weighted by Gasteiger charge is -2.19. The van der Waals surface area contributed by atoms with Gasteiger partial charge < -0.3 is 20.1 Å². The van der Waals surface area contributed by atoms with Crippen molar-refractivity contribution in [1.29, 1.82) is 0 Å². The third kappa shape index (κ3) is 5.25. The molecule has 0 radical (unpaired) electrons. The summed E-state index contributed by atoms with van der Waals surface area (Å²) in [6.45, 7) is 7.97. The minimum atomic E-state index is -0.721. The van der Waals surface area contributed by atoms with Crippen LogP contribution >= 0.6 is 0 Å². The number of hydrogen-bond acceptors (Lipinski definition) is 4. The van der Waals surface area contributed by atoms with E-state index in [1.165, 1.54) is 7.11 Å². The SMILES string of the molecule is COc1ccc(NC(=O)C(C)NC(=O)c2ccc(C(C)(C)C)cc2)c(OC)c1. The molecule has 2 amide bonds. The number of benzene rings is 2. The maximum atomic E-state index is 12.5. The van der Waals surface area contributed by atoms with Crippen molar-refractivity contribution < 1.29 is 19.1 Å². The highest BCUT2D eigenvalue weighted by Gasteiger charge is 2.19. The first-order chi connectivity index (χ1) is 13.2. The molecule has 6 nitrogen and oxygen atoms in total. The second-order valence-electron chi connectivity index (χ2n) is 7.58. The highest BCUT2D eigenvalue weighted by Crippen LogP contribution is 2.29.